The number of aromatic nitrogens is 3. The molecule has 80 valence electrons. The van der Waals surface area contributed by atoms with Crippen LogP contribution in [0, 0.1) is 6.92 Å². The maximum Gasteiger partial charge on any atom is 0.157 e. The molecule has 0 amide bonds. The molecule has 0 saturated carbocycles. The maximum atomic E-state index is 4.49. The lowest BCUT2D eigenvalue weighted by molar-refractivity contribution is 0.676. The lowest BCUT2D eigenvalue weighted by atomic mass is 9.99. The minimum absolute atomic E-state index is 0.520. The van der Waals surface area contributed by atoms with Crippen LogP contribution in [0.5, 0.6) is 0 Å². The third-order valence-corrected chi connectivity index (χ3v) is 2.90. The van der Waals surface area contributed by atoms with E-state index >= 15 is 0 Å². The summed E-state index contributed by atoms with van der Waals surface area (Å²) < 4.78 is 1.94. The Bertz CT molecular complexity index is 483. The molecular weight excluding hydrogens is 186 g/mol. The first kappa shape index (κ1) is 10.1. The van der Waals surface area contributed by atoms with Gasteiger partial charge < -0.3 is 0 Å². The van der Waals surface area contributed by atoms with Crippen LogP contribution in [-0.4, -0.2) is 14.8 Å². The van der Waals surface area contributed by atoms with E-state index in [2.05, 4.69) is 37.8 Å². The summed E-state index contributed by atoms with van der Waals surface area (Å²) >= 11 is 0. The van der Waals surface area contributed by atoms with Gasteiger partial charge in [0.2, 0.25) is 0 Å². The zero-order valence-electron chi connectivity index (χ0n) is 9.78. The number of hydrogen-bond acceptors (Lipinski definition) is 2. The number of aryl methyl sites for hydroxylation is 2. The van der Waals surface area contributed by atoms with Gasteiger partial charge in [0.25, 0.3) is 0 Å². The van der Waals surface area contributed by atoms with Crippen LogP contribution in [0.15, 0.2) is 12.4 Å². The summed E-state index contributed by atoms with van der Waals surface area (Å²) in [5.41, 5.74) is 3.63. The molecule has 0 bridgehead atoms. The molecule has 0 radical (unpaired) electrons. The number of fused-ring (bicyclic) bond motifs is 1. The van der Waals surface area contributed by atoms with Gasteiger partial charge in [0.05, 0.1) is 6.20 Å². The topological polar surface area (TPSA) is 30.7 Å². The highest BCUT2D eigenvalue weighted by Crippen LogP contribution is 2.24. The molecule has 3 nitrogen and oxygen atoms in total. The first-order valence-electron chi connectivity index (χ1n) is 5.46. The minimum atomic E-state index is 0.520. The van der Waals surface area contributed by atoms with Crippen molar-refractivity contribution in [2.45, 2.75) is 40.2 Å². The van der Waals surface area contributed by atoms with E-state index in [0.717, 1.165) is 12.2 Å². The van der Waals surface area contributed by atoms with Crippen molar-refractivity contribution >= 4 is 11.0 Å². The van der Waals surface area contributed by atoms with Gasteiger partial charge in [0, 0.05) is 18.1 Å². The molecule has 15 heavy (non-hydrogen) atoms. The molecule has 0 fully saturated rings. The summed E-state index contributed by atoms with van der Waals surface area (Å²) in [7, 11) is 0. The first-order chi connectivity index (χ1) is 7.15. The normalized spacial score (nSPS) is 11.5. The SMILES string of the molecule is CCn1ncc2c(C)c(C(C)C)cnc21. The molecule has 2 rings (SSSR count). The van der Waals surface area contributed by atoms with Gasteiger partial charge in [-0.15, -0.1) is 0 Å². The van der Waals surface area contributed by atoms with Crippen molar-refractivity contribution in [1.29, 1.82) is 0 Å². The van der Waals surface area contributed by atoms with Crippen molar-refractivity contribution in [2.75, 3.05) is 0 Å². The fourth-order valence-corrected chi connectivity index (χ4v) is 1.98. The second-order valence-corrected chi connectivity index (χ2v) is 4.19. The molecule has 0 aliphatic carbocycles. The fraction of sp³-hybridized carbons (Fsp3) is 0.500. The van der Waals surface area contributed by atoms with Crippen molar-refractivity contribution in [2.24, 2.45) is 0 Å². The predicted molar refractivity (Wildman–Crippen MR) is 62.0 cm³/mol. The molecule has 0 N–H and O–H groups in total. The molecule has 0 saturated heterocycles. The monoisotopic (exact) mass is 203 g/mol. The number of rotatable bonds is 2. The van der Waals surface area contributed by atoms with E-state index in [1.165, 1.54) is 16.5 Å². The number of nitrogens with zero attached hydrogens (tertiary/aromatic N) is 3. The average molecular weight is 203 g/mol. The largest absolute Gasteiger partial charge is 0.248 e. The Balaban J connectivity index is 2.70. The highest BCUT2D eigenvalue weighted by atomic mass is 15.3. The Morgan fingerprint density at radius 3 is 2.67 bits per heavy atom. The third-order valence-electron chi connectivity index (χ3n) is 2.90. The average Bonchev–Trinajstić information content (AvgIpc) is 2.61. The van der Waals surface area contributed by atoms with E-state index in [1.807, 2.05) is 17.1 Å². The van der Waals surface area contributed by atoms with Crippen LogP contribution in [0.1, 0.15) is 37.8 Å². The fourth-order valence-electron chi connectivity index (χ4n) is 1.98. The smallest absolute Gasteiger partial charge is 0.157 e. The second-order valence-electron chi connectivity index (χ2n) is 4.19. The molecule has 0 atom stereocenters. The molecule has 2 heterocycles. The van der Waals surface area contributed by atoms with Crippen LogP contribution >= 0.6 is 0 Å². The van der Waals surface area contributed by atoms with Crippen molar-refractivity contribution in [3.05, 3.63) is 23.5 Å². The van der Waals surface area contributed by atoms with E-state index in [0.29, 0.717) is 5.92 Å². The van der Waals surface area contributed by atoms with Crippen molar-refractivity contribution in [3.8, 4) is 0 Å². The van der Waals surface area contributed by atoms with Crippen LogP contribution < -0.4 is 0 Å². The summed E-state index contributed by atoms with van der Waals surface area (Å²) in [6.45, 7) is 9.50. The number of hydrogen-bond donors (Lipinski definition) is 0. The lowest BCUT2D eigenvalue weighted by Gasteiger charge is -2.09. The Morgan fingerprint density at radius 2 is 2.07 bits per heavy atom. The van der Waals surface area contributed by atoms with Crippen LogP contribution in [-0.2, 0) is 6.54 Å². The first-order valence-corrected chi connectivity index (χ1v) is 5.46. The molecule has 0 aromatic carbocycles. The quantitative estimate of drug-likeness (QED) is 0.751. The van der Waals surface area contributed by atoms with E-state index in [1.54, 1.807) is 0 Å². The molecule has 2 aromatic heterocycles. The minimum Gasteiger partial charge on any atom is -0.248 e. The zero-order valence-corrected chi connectivity index (χ0v) is 9.78. The Morgan fingerprint density at radius 1 is 1.33 bits per heavy atom. The summed E-state index contributed by atoms with van der Waals surface area (Å²) in [6, 6.07) is 0. The molecule has 0 aliphatic heterocycles. The van der Waals surface area contributed by atoms with Gasteiger partial charge in [-0.2, -0.15) is 5.10 Å². The van der Waals surface area contributed by atoms with E-state index in [9.17, 15) is 0 Å². The van der Waals surface area contributed by atoms with Crippen molar-refractivity contribution < 1.29 is 0 Å². The van der Waals surface area contributed by atoms with Gasteiger partial charge in [-0.25, -0.2) is 9.67 Å². The summed E-state index contributed by atoms with van der Waals surface area (Å²) in [5, 5.41) is 5.51. The van der Waals surface area contributed by atoms with Crippen molar-refractivity contribution in [3.63, 3.8) is 0 Å². The second kappa shape index (κ2) is 3.65. The summed E-state index contributed by atoms with van der Waals surface area (Å²) in [5.74, 6) is 0.520. The van der Waals surface area contributed by atoms with E-state index < -0.39 is 0 Å². The molecule has 3 heteroatoms. The Hall–Kier alpha value is -1.38. The Kier molecular flexibility index (Phi) is 2.47. The Labute approximate surface area is 90.1 Å². The van der Waals surface area contributed by atoms with E-state index in [4.69, 9.17) is 0 Å². The summed E-state index contributed by atoms with van der Waals surface area (Å²) in [6.07, 6.45) is 3.91. The number of pyridine rings is 1. The van der Waals surface area contributed by atoms with Crippen LogP contribution in [0.3, 0.4) is 0 Å². The van der Waals surface area contributed by atoms with Gasteiger partial charge >= 0.3 is 0 Å². The molecule has 0 spiro atoms. The molecule has 0 unspecified atom stereocenters. The van der Waals surface area contributed by atoms with Crippen LogP contribution in [0.25, 0.3) is 11.0 Å². The van der Waals surface area contributed by atoms with Crippen LogP contribution in [0.4, 0.5) is 0 Å². The van der Waals surface area contributed by atoms with Gasteiger partial charge in [0.1, 0.15) is 0 Å². The van der Waals surface area contributed by atoms with Crippen LogP contribution in [0.2, 0.25) is 0 Å². The highest BCUT2D eigenvalue weighted by molar-refractivity contribution is 5.79. The summed E-state index contributed by atoms with van der Waals surface area (Å²) in [4.78, 5) is 4.49. The molecule has 2 aromatic rings. The predicted octanol–water partition coefficient (Wildman–Crippen LogP) is 2.88. The van der Waals surface area contributed by atoms with Gasteiger partial charge in [-0.05, 0) is 30.9 Å². The zero-order chi connectivity index (χ0) is 11.0. The maximum absolute atomic E-state index is 4.49. The van der Waals surface area contributed by atoms with Crippen molar-refractivity contribution in [1.82, 2.24) is 14.8 Å². The highest BCUT2D eigenvalue weighted by Gasteiger charge is 2.10. The van der Waals surface area contributed by atoms with Gasteiger partial charge in [-0.3, -0.25) is 0 Å². The molecular formula is C12H17N3. The van der Waals surface area contributed by atoms with E-state index in [-0.39, 0.29) is 0 Å². The van der Waals surface area contributed by atoms with Gasteiger partial charge in [-0.1, -0.05) is 13.8 Å². The lowest BCUT2D eigenvalue weighted by Crippen LogP contribution is -1.99. The molecule has 0 aliphatic rings. The third kappa shape index (κ3) is 1.52. The standard InChI is InChI=1S/C12H17N3/c1-5-15-12-11(7-14-15)9(4)10(6-13-12)8(2)3/h6-8H,5H2,1-4H3. The van der Waals surface area contributed by atoms with Gasteiger partial charge in [0.15, 0.2) is 5.65 Å².